The lowest BCUT2D eigenvalue weighted by Gasteiger charge is -2.24. The normalized spacial score (nSPS) is 29.5. The van der Waals surface area contributed by atoms with Crippen molar-refractivity contribution in [3.05, 3.63) is 22.2 Å². The van der Waals surface area contributed by atoms with Crippen molar-refractivity contribution in [1.29, 1.82) is 0 Å². The first-order valence-electron chi connectivity index (χ1n) is 7.34. The molecular weight excluding hydrogens is 341 g/mol. The Morgan fingerprint density at radius 1 is 1.46 bits per heavy atom. The lowest BCUT2D eigenvalue weighted by molar-refractivity contribution is -0.0541. The van der Waals surface area contributed by atoms with Crippen LogP contribution in [0.25, 0.3) is 0 Å². The molecule has 1 aliphatic heterocycles. The second-order valence-electron chi connectivity index (χ2n) is 5.39. The number of ether oxygens (including phenoxy) is 2. The summed E-state index contributed by atoms with van der Waals surface area (Å²) in [4.78, 5) is 25.5. The topological polar surface area (TPSA) is 135 Å². The van der Waals surface area contributed by atoms with E-state index in [0.717, 1.165) is 7.11 Å². The summed E-state index contributed by atoms with van der Waals surface area (Å²) in [5.41, 5.74) is 5.61. The average molecular weight is 363 g/mol. The van der Waals surface area contributed by atoms with Gasteiger partial charge < -0.3 is 20.1 Å². The highest BCUT2D eigenvalue weighted by molar-refractivity contribution is 7.47. The summed E-state index contributed by atoms with van der Waals surface area (Å²) in [5, 5.41) is 0. The monoisotopic (exact) mass is 363 g/mol. The molecule has 11 heteroatoms. The number of phosphoric acid groups is 1. The van der Waals surface area contributed by atoms with Crippen molar-refractivity contribution in [3.8, 4) is 0 Å². The fourth-order valence-electron chi connectivity index (χ4n) is 2.60. The molecule has 0 aliphatic carbocycles. The van der Waals surface area contributed by atoms with Gasteiger partial charge in [0.2, 0.25) is 0 Å². The second kappa shape index (κ2) is 7.30. The van der Waals surface area contributed by atoms with Gasteiger partial charge in [0.15, 0.2) is 6.23 Å². The molecule has 0 amide bonds. The van der Waals surface area contributed by atoms with E-state index in [4.69, 9.17) is 19.7 Å². The molecule has 1 fully saturated rings. The van der Waals surface area contributed by atoms with Crippen LogP contribution in [0.5, 0.6) is 0 Å². The van der Waals surface area contributed by atoms with Crippen molar-refractivity contribution < 1.29 is 28.0 Å². The summed E-state index contributed by atoms with van der Waals surface area (Å²) in [6.45, 7) is 3.52. The number of rotatable bonds is 6. The number of phosphoric ester groups is 1. The van der Waals surface area contributed by atoms with Crippen molar-refractivity contribution in [2.45, 2.75) is 44.8 Å². The van der Waals surface area contributed by atoms with Crippen LogP contribution in [0.4, 0.5) is 5.82 Å². The highest BCUT2D eigenvalue weighted by Crippen LogP contribution is 2.48. The van der Waals surface area contributed by atoms with E-state index < -0.39 is 38.1 Å². The van der Waals surface area contributed by atoms with Gasteiger partial charge in [0.1, 0.15) is 18.0 Å². The zero-order valence-electron chi connectivity index (χ0n) is 13.9. The molecule has 5 atom stereocenters. The van der Waals surface area contributed by atoms with Crippen LogP contribution in [0.3, 0.4) is 0 Å². The van der Waals surface area contributed by atoms with E-state index in [0.29, 0.717) is 12.0 Å². The van der Waals surface area contributed by atoms with Crippen LogP contribution >= 0.6 is 7.82 Å². The van der Waals surface area contributed by atoms with Gasteiger partial charge in [-0.2, -0.15) is 4.98 Å². The molecule has 1 aliphatic rings. The Hall–Kier alpha value is -1.29. The van der Waals surface area contributed by atoms with Crippen molar-refractivity contribution in [2.24, 2.45) is 0 Å². The first-order valence-corrected chi connectivity index (χ1v) is 8.84. The first-order chi connectivity index (χ1) is 11.2. The van der Waals surface area contributed by atoms with E-state index in [1.807, 2.05) is 6.92 Å². The maximum absolute atomic E-state index is 12.2. The molecule has 136 valence electrons. The number of nitrogens with zero attached hydrogens (tertiary/aromatic N) is 2. The minimum Gasteiger partial charge on any atom is -0.383 e. The van der Waals surface area contributed by atoms with Crippen LogP contribution in [-0.2, 0) is 23.1 Å². The summed E-state index contributed by atoms with van der Waals surface area (Å²) in [5.74, 6) is 0.127. The molecule has 0 bridgehead atoms. The molecule has 2 heterocycles. The van der Waals surface area contributed by atoms with Crippen LogP contribution in [0, 0.1) is 6.92 Å². The number of methoxy groups -OCH3 is 1. The van der Waals surface area contributed by atoms with E-state index in [9.17, 15) is 14.3 Å². The zero-order chi connectivity index (χ0) is 18.1. The van der Waals surface area contributed by atoms with E-state index in [1.165, 1.54) is 17.9 Å². The van der Waals surface area contributed by atoms with Crippen LogP contribution < -0.4 is 11.4 Å². The Labute approximate surface area is 139 Å². The van der Waals surface area contributed by atoms with Gasteiger partial charge in [-0.25, -0.2) is 9.36 Å². The highest BCUT2D eigenvalue weighted by atomic mass is 31.2. The van der Waals surface area contributed by atoms with Crippen LogP contribution in [0.15, 0.2) is 11.0 Å². The molecule has 1 saturated heterocycles. The minimum atomic E-state index is -4.25. The predicted octanol–water partition coefficient (Wildman–Crippen LogP) is 0.588. The number of hydrogen-bond donors (Lipinski definition) is 2. The summed E-state index contributed by atoms with van der Waals surface area (Å²) >= 11 is 0. The SMILES string of the molecule is CC[C@H]1O[C@@H](n2cc(C)c(N)nc2=O)C(OC)[C@H]1OP(=O)(O)OC. The number of anilines is 1. The Bertz CT molecular complexity index is 695. The maximum Gasteiger partial charge on any atom is 0.472 e. The zero-order valence-corrected chi connectivity index (χ0v) is 14.8. The van der Waals surface area contributed by atoms with Gasteiger partial charge in [-0.1, -0.05) is 6.92 Å². The van der Waals surface area contributed by atoms with E-state index in [1.54, 1.807) is 6.92 Å². The number of nitrogen functional groups attached to an aromatic ring is 1. The van der Waals surface area contributed by atoms with Crippen molar-refractivity contribution in [2.75, 3.05) is 20.0 Å². The van der Waals surface area contributed by atoms with E-state index >= 15 is 0 Å². The third-order valence-electron chi connectivity index (χ3n) is 3.89. The first kappa shape index (κ1) is 19.0. The smallest absolute Gasteiger partial charge is 0.383 e. The predicted molar refractivity (Wildman–Crippen MR) is 84.4 cm³/mol. The summed E-state index contributed by atoms with van der Waals surface area (Å²) < 4.78 is 33.9. The molecule has 3 N–H and O–H groups in total. The van der Waals surface area contributed by atoms with Crippen molar-refractivity contribution in [1.82, 2.24) is 9.55 Å². The molecule has 24 heavy (non-hydrogen) atoms. The number of hydrogen-bond acceptors (Lipinski definition) is 8. The van der Waals surface area contributed by atoms with E-state index in [-0.39, 0.29) is 5.82 Å². The van der Waals surface area contributed by atoms with Gasteiger partial charge in [-0.3, -0.25) is 13.6 Å². The molecule has 0 aromatic carbocycles. The third-order valence-corrected chi connectivity index (χ3v) is 4.86. The van der Waals surface area contributed by atoms with Crippen LogP contribution in [0.2, 0.25) is 0 Å². The fraction of sp³-hybridized carbons (Fsp3) is 0.692. The standard InChI is InChI=1S/C13H22N3O7P/c1-5-8-9(23-24(18,19)21-4)10(20-3)12(22-8)16-6-7(2)11(14)15-13(16)17/h6,8-10,12H,5H2,1-4H3,(H,18,19)(H2,14,15,17)/t8-,9+,10?,12-/m1/s1. The molecule has 2 rings (SSSR count). The quantitative estimate of drug-likeness (QED) is 0.696. The molecular formula is C13H22N3O7P. The molecule has 1 aromatic rings. The van der Waals surface area contributed by atoms with Gasteiger partial charge in [-0.15, -0.1) is 0 Å². The number of aromatic nitrogens is 2. The van der Waals surface area contributed by atoms with Crippen LogP contribution in [0.1, 0.15) is 25.1 Å². The summed E-state index contributed by atoms with van der Waals surface area (Å²) in [7, 11) is -1.79. The fourth-order valence-corrected chi connectivity index (χ4v) is 3.25. The number of nitrogens with two attached hydrogens (primary N) is 1. The number of aryl methyl sites for hydroxylation is 1. The Morgan fingerprint density at radius 2 is 2.12 bits per heavy atom. The summed E-state index contributed by atoms with van der Waals surface area (Å²) in [6, 6.07) is 0. The molecule has 0 saturated carbocycles. The minimum absolute atomic E-state index is 0.127. The molecule has 1 aromatic heterocycles. The van der Waals surface area contributed by atoms with Gasteiger partial charge >= 0.3 is 13.5 Å². The van der Waals surface area contributed by atoms with Crippen LogP contribution in [-0.4, -0.2) is 47.0 Å². The molecule has 0 spiro atoms. The lowest BCUT2D eigenvalue weighted by Crippen LogP contribution is -2.38. The van der Waals surface area contributed by atoms with Gasteiger partial charge in [-0.05, 0) is 13.3 Å². The second-order valence-corrected chi connectivity index (χ2v) is 6.91. The Morgan fingerprint density at radius 3 is 2.67 bits per heavy atom. The Kier molecular flexibility index (Phi) is 5.79. The van der Waals surface area contributed by atoms with Gasteiger partial charge in [0.05, 0.1) is 6.10 Å². The van der Waals surface area contributed by atoms with Gasteiger partial charge in [0, 0.05) is 26.0 Å². The maximum atomic E-state index is 12.2. The largest absolute Gasteiger partial charge is 0.472 e. The average Bonchev–Trinajstić information content (AvgIpc) is 2.87. The van der Waals surface area contributed by atoms with Crippen molar-refractivity contribution in [3.63, 3.8) is 0 Å². The van der Waals surface area contributed by atoms with Crippen molar-refractivity contribution >= 4 is 13.6 Å². The summed E-state index contributed by atoms with van der Waals surface area (Å²) in [6.07, 6.45) is -1.17. The van der Waals surface area contributed by atoms with E-state index in [2.05, 4.69) is 9.51 Å². The Balaban J connectivity index is 2.40. The highest BCUT2D eigenvalue weighted by Gasteiger charge is 2.49. The molecule has 10 nitrogen and oxygen atoms in total. The molecule has 2 unspecified atom stereocenters. The third kappa shape index (κ3) is 3.69. The lowest BCUT2D eigenvalue weighted by atomic mass is 10.1. The molecule has 0 radical (unpaired) electrons. The van der Waals surface area contributed by atoms with Gasteiger partial charge in [0.25, 0.3) is 0 Å².